The Balaban J connectivity index is 0.00000208. The molecule has 0 radical (unpaired) electrons. The van der Waals surface area contributed by atoms with Crippen molar-refractivity contribution in [3.05, 3.63) is 28.8 Å². The first-order valence-corrected chi connectivity index (χ1v) is 9.37. The Morgan fingerprint density at radius 2 is 2.00 bits per heavy atom. The maximum Gasteiger partial charge on any atom is 0.339 e. The number of carbonyl (C=O) groups is 1. The molecule has 2 aliphatic heterocycles. The van der Waals surface area contributed by atoms with Gasteiger partial charge < -0.3 is 10.1 Å². The molecule has 2 fully saturated rings. The molecule has 9 heteroatoms. The number of hydrogen-bond donors (Lipinski definition) is 1. The predicted molar refractivity (Wildman–Crippen MR) is 93.4 cm³/mol. The van der Waals surface area contributed by atoms with Crippen LogP contribution in [0.4, 0.5) is 0 Å². The summed E-state index contributed by atoms with van der Waals surface area (Å²) in [6.07, 6.45) is 2.92. The standard InChI is InChI=1S/C15H19ClN2O4S.ClH/c1-22-15(19)13-5-4-12(8-14(13)16)23(20,21)18-7-6-10-2-3-11(9-18)17-10;/h4-5,8,10-11,17H,2-3,6-7,9H2,1H3;1H. The zero-order valence-corrected chi connectivity index (χ0v) is 15.6. The third-order valence-corrected chi connectivity index (χ3v) is 6.64. The summed E-state index contributed by atoms with van der Waals surface area (Å²) in [5.74, 6) is -0.588. The minimum atomic E-state index is -3.62. The highest BCUT2D eigenvalue weighted by Crippen LogP contribution is 2.27. The quantitative estimate of drug-likeness (QED) is 0.793. The summed E-state index contributed by atoms with van der Waals surface area (Å²) in [7, 11) is -2.37. The van der Waals surface area contributed by atoms with Gasteiger partial charge in [-0.05, 0) is 37.5 Å². The van der Waals surface area contributed by atoms with E-state index in [-0.39, 0.29) is 33.9 Å². The fourth-order valence-corrected chi connectivity index (χ4v) is 5.06. The molecule has 2 heterocycles. The summed E-state index contributed by atoms with van der Waals surface area (Å²) in [6.45, 7) is 0.960. The van der Waals surface area contributed by atoms with E-state index in [1.807, 2.05) is 0 Å². The Labute approximate surface area is 153 Å². The normalized spacial score (nSPS) is 24.1. The third-order valence-electron chi connectivity index (χ3n) is 4.47. The number of rotatable bonds is 3. The van der Waals surface area contributed by atoms with Crippen molar-refractivity contribution in [2.45, 2.75) is 36.2 Å². The van der Waals surface area contributed by atoms with Crippen LogP contribution >= 0.6 is 24.0 Å². The van der Waals surface area contributed by atoms with Crippen molar-refractivity contribution in [2.75, 3.05) is 20.2 Å². The molecule has 2 saturated heterocycles. The second-order valence-corrected chi connectivity index (χ2v) is 8.27. The molecule has 2 bridgehead atoms. The molecule has 0 amide bonds. The summed E-state index contributed by atoms with van der Waals surface area (Å²) in [5, 5.41) is 3.53. The first-order valence-electron chi connectivity index (χ1n) is 7.56. The van der Waals surface area contributed by atoms with Gasteiger partial charge in [0.15, 0.2) is 0 Å². The number of nitrogens with zero attached hydrogens (tertiary/aromatic N) is 1. The van der Waals surface area contributed by atoms with E-state index >= 15 is 0 Å². The fraction of sp³-hybridized carbons (Fsp3) is 0.533. The van der Waals surface area contributed by atoms with Gasteiger partial charge in [-0.25, -0.2) is 13.2 Å². The lowest BCUT2D eigenvalue weighted by molar-refractivity contribution is 0.0601. The van der Waals surface area contributed by atoms with Crippen LogP contribution in [0.25, 0.3) is 0 Å². The highest BCUT2D eigenvalue weighted by atomic mass is 35.5. The van der Waals surface area contributed by atoms with Gasteiger partial charge in [-0.2, -0.15) is 4.31 Å². The van der Waals surface area contributed by atoms with E-state index in [1.165, 1.54) is 29.6 Å². The van der Waals surface area contributed by atoms with E-state index in [0.29, 0.717) is 19.1 Å². The van der Waals surface area contributed by atoms with Crippen molar-refractivity contribution in [3.8, 4) is 0 Å². The molecule has 24 heavy (non-hydrogen) atoms. The maximum atomic E-state index is 12.8. The van der Waals surface area contributed by atoms with Crippen LogP contribution in [0.3, 0.4) is 0 Å². The van der Waals surface area contributed by atoms with Gasteiger partial charge in [0.2, 0.25) is 10.0 Å². The number of benzene rings is 1. The topological polar surface area (TPSA) is 75.7 Å². The van der Waals surface area contributed by atoms with Gasteiger partial charge in [-0.1, -0.05) is 11.6 Å². The van der Waals surface area contributed by atoms with Crippen LogP contribution in [-0.2, 0) is 14.8 Å². The van der Waals surface area contributed by atoms with Crippen molar-refractivity contribution in [3.63, 3.8) is 0 Å². The average Bonchev–Trinajstić information content (AvgIpc) is 2.84. The summed E-state index contributed by atoms with van der Waals surface area (Å²) in [4.78, 5) is 11.7. The number of sulfonamides is 1. The zero-order chi connectivity index (χ0) is 16.6. The van der Waals surface area contributed by atoms with Crippen LogP contribution < -0.4 is 5.32 Å². The predicted octanol–water partition coefficient (Wildman–Crippen LogP) is 2.06. The molecule has 0 aliphatic carbocycles. The summed E-state index contributed by atoms with van der Waals surface area (Å²) >= 11 is 6.05. The van der Waals surface area contributed by atoms with E-state index in [9.17, 15) is 13.2 Å². The van der Waals surface area contributed by atoms with Gasteiger partial charge >= 0.3 is 5.97 Å². The van der Waals surface area contributed by atoms with Gasteiger partial charge in [0.05, 0.1) is 22.6 Å². The Morgan fingerprint density at radius 1 is 1.29 bits per heavy atom. The number of ether oxygens (including phenoxy) is 1. The SMILES string of the molecule is COC(=O)c1ccc(S(=O)(=O)N2CCC3CCC(C2)N3)cc1Cl.Cl. The van der Waals surface area contributed by atoms with E-state index in [4.69, 9.17) is 11.6 Å². The second kappa shape index (κ2) is 7.58. The number of methoxy groups -OCH3 is 1. The minimum absolute atomic E-state index is 0. The van der Waals surface area contributed by atoms with Gasteiger partial charge in [0.25, 0.3) is 0 Å². The van der Waals surface area contributed by atoms with E-state index in [2.05, 4.69) is 10.1 Å². The highest BCUT2D eigenvalue weighted by molar-refractivity contribution is 7.89. The van der Waals surface area contributed by atoms with Gasteiger partial charge in [-0.15, -0.1) is 12.4 Å². The summed E-state index contributed by atoms with van der Waals surface area (Å²) in [5.41, 5.74) is 0.157. The van der Waals surface area contributed by atoms with Gasteiger partial charge in [-0.3, -0.25) is 0 Å². The number of esters is 1. The number of carbonyl (C=O) groups excluding carboxylic acids is 1. The average molecular weight is 395 g/mol. The van der Waals surface area contributed by atoms with Crippen molar-refractivity contribution < 1.29 is 17.9 Å². The Morgan fingerprint density at radius 3 is 2.67 bits per heavy atom. The lowest BCUT2D eigenvalue weighted by Crippen LogP contribution is -2.39. The molecule has 3 rings (SSSR count). The van der Waals surface area contributed by atoms with Crippen LogP contribution in [0.15, 0.2) is 23.1 Å². The first-order chi connectivity index (χ1) is 10.9. The minimum Gasteiger partial charge on any atom is -0.465 e. The molecular weight excluding hydrogens is 375 g/mol. The molecule has 1 aromatic carbocycles. The molecule has 0 aromatic heterocycles. The Kier molecular flexibility index (Phi) is 6.14. The van der Waals surface area contributed by atoms with Crippen molar-refractivity contribution in [2.24, 2.45) is 0 Å². The summed E-state index contributed by atoms with van der Waals surface area (Å²) in [6, 6.07) is 4.74. The molecule has 2 atom stereocenters. The molecule has 1 N–H and O–H groups in total. The highest BCUT2D eigenvalue weighted by Gasteiger charge is 2.35. The van der Waals surface area contributed by atoms with Crippen molar-refractivity contribution >= 4 is 40.0 Å². The Hall–Kier alpha value is -0.860. The van der Waals surface area contributed by atoms with Crippen LogP contribution in [0.2, 0.25) is 5.02 Å². The van der Waals surface area contributed by atoms with Crippen LogP contribution in [0, 0.1) is 0 Å². The number of halogens is 2. The monoisotopic (exact) mass is 394 g/mol. The lowest BCUT2D eigenvalue weighted by atomic mass is 10.1. The fourth-order valence-electron chi connectivity index (χ4n) is 3.21. The number of hydrogen-bond acceptors (Lipinski definition) is 5. The van der Waals surface area contributed by atoms with Crippen molar-refractivity contribution in [1.82, 2.24) is 9.62 Å². The molecule has 2 aliphatic rings. The number of nitrogens with one attached hydrogen (secondary N) is 1. The number of fused-ring (bicyclic) bond motifs is 2. The molecular formula is C15H20Cl2N2O4S. The van der Waals surface area contributed by atoms with E-state index in [0.717, 1.165) is 19.3 Å². The van der Waals surface area contributed by atoms with E-state index in [1.54, 1.807) is 0 Å². The molecule has 2 unspecified atom stereocenters. The zero-order valence-electron chi connectivity index (χ0n) is 13.2. The molecule has 0 saturated carbocycles. The second-order valence-electron chi connectivity index (χ2n) is 5.92. The first kappa shape index (κ1) is 19.5. The molecule has 6 nitrogen and oxygen atoms in total. The molecule has 1 aromatic rings. The van der Waals surface area contributed by atoms with Crippen molar-refractivity contribution in [1.29, 1.82) is 0 Å². The summed E-state index contributed by atoms with van der Waals surface area (Å²) < 4.78 is 31.8. The maximum absolute atomic E-state index is 12.8. The van der Waals surface area contributed by atoms with Gasteiger partial charge in [0.1, 0.15) is 0 Å². The van der Waals surface area contributed by atoms with Crippen LogP contribution in [0.1, 0.15) is 29.6 Å². The smallest absolute Gasteiger partial charge is 0.339 e. The van der Waals surface area contributed by atoms with Gasteiger partial charge in [0, 0.05) is 25.2 Å². The molecule has 0 spiro atoms. The molecule has 134 valence electrons. The van der Waals surface area contributed by atoms with E-state index < -0.39 is 16.0 Å². The van der Waals surface area contributed by atoms with Crippen LogP contribution in [0.5, 0.6) is 0 Å². The largest absolute Gasteiger partial charge is 0.465 e. The Bertz CT molecular complexity index is 726. The third kappa shape index (κ3) is 3.70. The van der Waals surface area contributed by atoms with Crippen LogP contribution in [-0.4, -0.2) is 51.0 Å². The lowest BCUT2D eigenvalue weighted by Gasteiger charge is -2.23.